The number of aryl methyl sites for hydroxylation is 1. The van der Waals surface area contributed by atoms with Crippen LogP contribution in [0.2, 0.25) is 0 Å². The highest BCUT2D eigenvalue weighted by atomic mass is 15.2. The van der Waals surface area contributed by atoms with Gasteiger partial charge >= 0.3 is 0 Å². The Kier molecular flexibility index (Phi) is 3.15. The molecule has 0 saturated heterocycles. The molecule has 0 unspecified atom stereocenters. The predicted molar refractivity (Wildman–Crippen MR) is 76.2 cm³/mol. The maximum absolute atomic E-state index is 4.74. The molecule has 1 aliphatic carbocycles. The van der Waals surface area contributed by atoms with Crippen LogP contribution in [0.3, 0.4) is 0 Å². The second kappa shape index (κ2) is 4.96. The zero-order valence-electron chi connectivity index (χ0n) is 11.4. The monoisotopic (exact) mass is 254 g/mol. The van der Waals surface area contributed by atoms with Crippen molar-refractivity contribution in [3.8, 4) is 11.3 Å². The molecule has 1 aliphatic rings. The van der Waals surface area contributed by atoms with E-state index in [1.165, 1.54) is 24.1 Å². The molecule has 0 radical (unpaired) electrons. The zero-order valence-corrected chi connectivity index (χ0v) is 11.4. The van der Waals surface area contributed by atoms with E-state index in [9.17, 15) is 0 Å². The van der Waals surface area contributed by atoms with Crippen molar-refractivity contribution in [1.29, 1.82) is 0 Å². The van der Waals surface area contributed by atoms with Gasteiger partial charge in [-0.2, -0.15) is 0 Å². The molecule has 98 valence electrons. The third-order valence-corrected chi connectivity index (χ3v) is 3.53. The Morgan fingerprint density at radius 1 is 1.00 bits per heavy atom. The Hall–Kier alpha value is -1.97. The zero-order chi connectivity index (χ0) is 13.2. The molecule has 0 bridgehead atoms. The first-order valence-corrected chi connectivity index (χ1v) is 6.73. The van der Waals surface area contributed by atoms with Crippen LogP contribution in [-0.4, -0.2) is 29.0 Å². The number of rotatable bonds is 2. The van der Waals surface area contributed by atoms with Crippen molar-refractivity contribution in [2.24, 2.45) is 0 Å². The van der Waals surface area contributed by atoms with Crippen LogP contribution in [0.4, 0.5) is 5.95 Å². The van der Waals surface area contributed by atoms with Gasteiger partial charge in [-0.1, -0.05) is 0 Å². The second-order valence-corrected chi connectivity index (χ2v) is 5.13. The summed E-state index contributed by atoms with van der Waals surface area (Å²) in [7, 11) is 3.97. The van der Waals surface area contributed by atoms with Crippen LogP contribution >= 0.6 is 0 Å². The summed E-state index contributed by atoms with van der Waals surface area (Å²) in [5, 5.41) is 0. The van der Waals surface area contributed by atoms with Gasteiger partial charge in [0.05, 0.1) is 5.69 Å². The van der Waals surface area contributed by atoms with Crippen LogP contribution in [0.5, 0.6) is 0 Å². The summed E-state index contributed by atoms with van der Waals surface area (Å²) < 4.78 is 0. The summed E-state index contributed by atoms with van der Waals surface area (Å²) in [4.78, 5) is 15.5. The Balaban J connectivity index is 2.19. The Bertz CT molecular complexity index is 578. The quantitative estimate of drug-likeness (QED) is 0.825. The fraction of sp³-hybridized carbons (Fsp3) is 0.400. The Labute approximate surface area is 113 Å². The largest absolute Gasteiger partial charge is 0.347 e. The molecule has 4 nitrogen and oxygen atoms in total. The number of fused-ring (bicyclic) bond motifs is 1. The lowest BCUT2D eigenvalue weighted by molar-refractivity contribution is 0.663. The maximum Gasteiger partial charge on any atom is 0.225 e. The van der Waals surface area contributed by atoms with Crippen molar-refractivity contribution in [2.75, 3.05) is 19.0 Å². The molecule has 0 aliphatic heterocycles. The number of hydrogen-bond donors (Lipinski definition) is 0. The van der Waals surface area contributed by atoms with Crippen LogP contribution < -0.4 is 4.90 Å². The third-order valence-electron chi connectivity index (χ3n) is 3.53. The van der Waals surface area contributed by atoms with Crippen molar-refractivity contribution in [3.05, 3.63) is 35.8 Å². The highest BCUT2D eigenvalue weighted by Crippen LogP contribution is 2.30. The molecule has 2 heterocycles. The fourth-order valence-corrected chi connectivity index (χ4v) is 2.53. The molecule has 0 fully saturated rings. The SMILES string of the molecule is CN(C)c1nc2c(c(-c3ccncc3)n1)CCCC2. The summed E-state index contributed by atoms with van der Waals surface area (Å²) >= 11 is 0. The van der Waals surface area contributed by atoms with E-state index in [4.69, 9.17) is 9.97 Å². The summed E-state index contributed by atoms with van der Waals surface area (Å²) in [6, 6.07) is 4.05. The molecule has 4 heteroatoms. The van der Waals surface area contributed by atoms with Crippen LogP contribution in [0, 0.1) is 0 Å². The van der Waals surface area contributed by atoms with Crippen molar-refractivity contribution in [2.45, 2.75) is 25.7 Å². The van der Waals surface area contributed by atoms with E-state index in [0.717, 1.165) is 30.0 Å². The van der Waals surface area contributed by atoms with Gasteiger partial charge in [0.15, 0.2) is 0 Å². The van der Waals surface area contributed by atoms with Gasteiger partial charge in [0.25, 0.3) is 0 Å². The number of nitrogens with zero attached hydrogens (tertiary/aromatic N) is 4. The van der Waals surface area contributed by atoms with Crippen molar-refractivity contribution < 1.29 is 0 Å². The van der Waals surface area contributed by atoms with E-state index in [-0.39, 0.29) is 0 Å². The van der Waals surface area contributed by atoms with Crippen molar-refractivity contribution in [3.63, 3.8) is 0 Å². The van der Waals surface area contributed by atoms with E-state index >= 15 is 0 Å². The minimum absolute atomic E-state index is 0.799. The van der Waals surface area contributed by atoms with E-state index in [1.807, 2.05) is 43.5 Å². The molecule has 2 aromatic rings. The summed E-state index contributed by atoms with van der Waals surface area (Å²) in [6.45, 7) is 0. The average molecular weight is 254 g/mol. The van der Waals surface area contributed by atoms with Gasteiger partial charge < -0.3 is 4.90 Å². The molecule has 19 heavy (non-hydrogen) atoms. The predicted octanol–water partition coefficient (Wildman–Crippen LogP) is 2.48. The standard InChI is InChI=1S/C15H18N4/c1-19(2)15-17-13-6-4-3-5-12(13)14(18-15)11-7-9-16-10-8-11/h7-10H,3-6H2,1-2H3. The first kappa shape index (κ1) is 12.1. The third kappa shape index (κ3) is 2.30. The summed E-state index contributed by atoms with van der Waals surface area (Å²) in [5.41, 5.74) is 4.76. The molecular formula is C15H18N4. The van der Waals surface area contributed by atoms with E-state index in [0.29, 0.717) is 0 Å². The molecule has 0 N–H and O–H groups in total. The maximum atomic E-state index is 4.74. The number of pyridine rings is 1. The molecule has 0 spiro atoms. The highest BCUT2D eigenvalue weighted by molar-refractivity contribution is 5.65. The first-order valence-electron chi connectivity index (χ1n) is 6.73. The van der Waals surface area contributed by atoms with Crippen LogP contribution in [0.1, 0.15) is 24.1 Å². The molecule has 0 amide bonds. The van der Waals surface area contributed by atoms with E-state index < -0.39 is 0 Å². The minimum Gasteiger partial charge on any atom is -0.347 e. The number of anilines is 1. The number of hydrogen-bond acceptors (Lipinski definition) is 4. The lowest BCUT2D eigenvalue weighted by Gasteiger charge is -2.21. The lowest BCUT2D eigenvalue weighted by atomic mass is 9.92. The molecular weight excluding hydrogens is 236 g/mol. The average Bonchev–Trinajstić information content (AvgIpc) is 2.47. The molecule has 0 saturated carbocycles. The summed E-state index contributed by atoms with van der Waals surface area (Å²) in [6.07, 6.45) is 8.25. The Morgan fingerprint density at radius 3 is 2.47 bits per heavy atom. The van der Waals surface area contributed by atoms with Gasteiger partial charge in [0.1, 0.15) is 0 Å². The number of aromatic nitrogens is 3. The smallest absolute Gasteiger partial charge is 0.225 e. The van der Waals surface area contributed by atoms with Gasteiger partial charge in [-0.3, -0.25) is 4.98 Å². The fourth-order valence-electron chi connectivity index (χ4n) is 2.53. The van der Waals surface area contributed by atoms with Crippen molar-refractivity contribution in [1.82, 2.24) is 15.0 Å². The van der Waals surface area contributed by atoms with Gasteiger partial charge in [0, 0.05) is 43.3 Å². The van der Waals surface area contributed by atoms with Gasteiger partial charge in [-0.05, 0) is 37.8 Å². The van der Waals surface area contributed by atoms with Gasteiger partial charge in [-0.25, -0.2) is 9.97 Å². The first-order chi connectivity index (χ1) is 9.25. The van der Waals surface area contributed by atoms with Gasteiger partial charge in [0.2, 0.25) is 5.95 Å². The minimum atomic E-state index is 0.799. The normalized spacial score (nSPS) is 14.0. The Morgan fingerprint density at radius 2 is 1.74 bits per heavy atom. The van der Waals surface area contributed by atoms with E-state index in [2.05, 4.69) is 4.98 Å². The molecule has 2 aromatic heterocycles. The topological polar surface area (TPSA) is 41.9 Å². The van der Waals surface area contributed by atoms with Crippen LogP contribution in [0.25, 0.3) is 11.3 Å². The highest BCUT2D eigenvalue weighted by Gasteiger charge is 2.19. The lowest BCUT2D eigenvalue weighted by Crippen LogP contribution is -2.17. The van der Waals surface area contributed by atoms with Crippen molar-refractivity contribution >= 4 is 5.95 Å². The van der Waals surface area contributed by atoms with E-state index in [1.54, 1.807) is 0 Å². The molecule has 0 atom stereocenters. The summed E-state index contributed by atoms with van der Waals surface area (Å²) in [5.74, 6) is 0.799. The van der Waals surface area contributed by atoms with Crippen LogP contribution in [-0.2, 0) is 12.8 Å². The van der Waals surface area contributed by atoms with Crippen LogP contribution in [0.15, 0.2) is 24.5 Å². The molecule has 3 rings (SSSR count). The second-order valence-electron chi connectivity index (χ2n) is 5.13. The molecule has 0 aromatic carbocycles. The van der Waals surface area contributed by atoms with Gasteiger partial charge in [-0.15, -0.1) is 0 Å².